The van der Waals surface area contributed by atoms with E-state index in [2.05, 4.69) is 10.6 Å². The van der Waals surface area contributed by atoms with Crippen LogP contribution >= 0.6 is 0 Å². The summed E-state index contributed by atoms with van der Waals surface area (Å²) in [5.41, 5.74) is 4.49. The second-order valence-corrected chi connectivity index (χ2v) is 7.36. The minimum Gasteiger partial charge on any atom is -0.497 e. The topological polar surface area (TPSA) is 80.3 Å². The number of carbonyl (C=O) groups is 2. The van der Waals surface area contributed by atoms with E-state index < -0.39 is 0 Å². The normalized spacial score (nSPS) is 10.6. The van der Waals surface area contributed by atoms with Gasteiger partial charge in [-0.25, -0.2) is 4.98 Å². The van der Waals surface area contributed by atoms with Crippen molar-refractivity contribution in [3.63, 3.8) is 0 Å². The lowest BCUT2D eigenvalue weighted by molar-refractivity contribution is -0.114. The number of anilines is 1. The quantitative estimate of drug-likeness (QED) is 0.465. The summed E-state index contributed by atoms with van der Waals surface area (Å²) in [5.74, 6) is 0.440. The van der Waals surface area contributed by atoms with Crippen molar-refractivity contribution in [2.75, 3.05) is 12.4 Å². The minimum absolute atomic E-state index is 0.128. The van der Waals surface area contributed by atoms with Crippen LogP contribution in [0.1, 0.15) is 22.8 Å². The Labute approximate surface area is 186 Å². The third kappa shape index (κ3) is 4.75. The molecular formula is C26H23N3O3. The Hall–Kier alpha value is -4.19. The van der Waals surface area contributed by atoms with E-state index in [1.807, 2.05) is 72.8 Å². The lowest BCUT2D eigenvalue weighted by Crippen LogP contribution is -2.23. The highest BCUT2D eigenvalue weighted by Gasteiger charge is 2.14. The smallest absolute Gasteiger partial charge is 0.252 e. The number of aromatic nitrogens is 1. The van der Waals surface area contributed by atoms with E-state index in [-0.39, 0.29) is 11.8 Å². The van der Waals surface area contributed by atoms with Crippen molar-refractivity contribution in [1.82, 2.24) is 10.3 Å². The molecule has 0 saturated carbocycles. The molecule has 0 spiro atoms. The Balaban J connectivity index is 1.64. The van der Waals surface area contributed by atoms with Crippen molar-refractivity contribution in [3.05, 3.63) is 90.0 Å². The summed E-state index contributed by atoms with van der Waals surface area (Å²) in [6.07, 6.45) is 0. The monoisotopic (exact) mass is 425 g/mol. The van der Waals surface area contributed by atoms with Crippen LogP contribution in [0.5, 0.6) is 5.75 Å². The van der Waals surface area contributed by atoms with Gasteiger partial charge in [-0.05, 0) is 42.0 Å². The van der Waals surface area contributed by atoms with Crippen LogP contribution in [0.4, 0.5) is 5.69 Å². The van der Waals surface area contributed by atoms with Gasteiger partial charge in [-0.3, -0.25) is 9.59 Å². The van der Waals surface area contributed by atoms with Gasteiger partial charge in [0, 0.05) is 30.1 Å². The molecule has 4 aromatic rings. The van der Waals surface area contributed by atoms with Gasteiger partial charge in [0.05, 0.1) is 23.9 Å². The number of hydrogen-bond acceptors (Lipinski definition) is 4. The number of hydrogen-bond donors (Lipinski definition) is 2. The van der Waals surface area contributed by atoms with Gasteiger partial charge in [-0.2, -0.15) is 0 Å². The second kappa shape index (κ2) is 9.31. The van der Waals surface area contributed by atoms with Gasteiger partial charge in [0.25, 0.3) is 5.91 Å². The molecule has 3 aromatic carbocycles. The molecule has 0 fully saturated rings. The molecule has 4 rings (SSSR count). The first kappa shape index (κ1) is 21.1. The summed E-state index contributed by atoms with van der Waals surface area (Å²) in [4.78, 5) is 29.1. The van der Waals surface area contributed by atoms with Crippen molar-refractivity contribution in [2.24, 2.45) is 0 Å². The van der Waals surface area contributed by atoms with E-state index in [0.717, 1.165) is 27.8 Å². The molecular weight excluding hydrogens is 402 g/mol. The van der Waals surface area contributed by atoms with Crippen LogP contribution in [0.25, 0.3) is 22.2 Å². The number of benzene rings is 3. The fourth-order valence-electron chi connectivity index (χ4n) is 3.50. The van der Waals surface area contributed by atoms with Crippen LogP contribution in [0.3, 0.4) is 0 Å². The second-order valence-electron chi connectivity index (χ2n) is 7.36. The van der Waals surface area contributed by atoms with Gasteiger partial charge in [0.15, 0.2) is 0 Å². The van der Waals surface area contributed by atoms with Crippen LogP contribution in [0.15, 0.2) is 78.9 Å². The molecule has 2 N–H and O–H groups in total. The van der Waals surface area contributed by atoms with Gasteiger partial charge >= 0.3 is 0 Å². The number of fused-ring (bicyclic) bond motifs is 1. The fraction of sp³-hybridized carbons (Fsp3) is 0.115. The lowest BCUT2D eigenvalue weighted by atomic mass is 10.0. The Morgan fingerprint density at radius 2 is 1.72 bits per heavy atom. The number of amides is 2. The first-order chi connectivity index (χ1) is 15.5. The summed E-state index contributed by atoms with van der Waals surface area (Å²) in [7, 11) is 1.62. The highest BCUT2D eigenvalue weighted by atomic mass is 16.5. The molecule has 1 heterocycles. The number of methoxy groups -OCH3 is 1. The van der Waals surface area contributed by atoms with E-state index in [0.29, 0.717) is 23.5 Å². The van der Waals surface area contributed by atoms with E-state index in [9.17, 15) is 9.59 Å². The predicted molar refractivity (Wildman–Crippen MR) is 126 cm³/mol. The molecule has 0 aliphatic rings. The van der Waals surface area contributed by atoms with E-state index in [1.165, 1.54) is 6.92 Å². The molecule has 0 saturated heterocycles. The Bertz CT molecular complexity index is 1280. The SMILES string of the molecule is COc1cccc(CNC(=O)c2cc(-c3ccc(NC(C)=O)cc3)nc3ccccc23)c1. The number of nitrogens with zero attached hydrogens (tertiary/aromatic N) is 1. The molecule has 6 nitrogen and oxygen atoms in total. The van der Waals surface area contributed by atoms with Crippen LogP contribution in [0, 0.1) is 0 Å². The predicted octanol–water partition coefficient (Wildman–Crippen LogP) is 4.80. The maximum absolute atomic E-state index is 13.1. The Morgan fingerprint density at radius 3 is 2.47 bits per heavy atom. The first-order valence-electron chi connectivity index (χ1n) is 10.2. The summed E-state index contributed by atoms with van der Waals surface area (Å²) in [6, 6.07) is 24.4. The summed E-state index contributed by atoms with van der Waals surface area (Å²) in [5, 5.41) is 6.54. The molecule has 1 aromatic heterocycles. The third-order valence-corrected chi connectivity index (χ3v) is 5.05. The fourth-order valence-corrected chi connectivity index (χ4v) is 3.50. The molecule has 0 aliphatic carbocycles. The van der Waals surface area contributed by atoms with Gasteiger partial charge in [0.1, 0.15) is 5.75 Å². The number of pyridine rings is 1. The molecule has 0 unspecified atom stereocenters. The minimum atomic E-state index is -0.178. The van der Waals surface area contributed by atoms with Gasteiger partial charge in [0.2, 0.25) is 5.91 Å². The Morgan fingerprint density at radius 1 is 0.938 bits per heavy atom. The zero-order valence-corrected chi connectivity index (χ0v) is 17.9. The van der Waals surface area contributed by atoms with Crippen LogP contribution in [-0.4, -0.2) is 23.9 Å². The number of ether oxygens (including phenoxy) is 1. The van der Waals surface area contributed by atoms with Crippen LogP contribution in [-0.2, 0) is 11.3 Å². The number of rotatable bonds is 6. The van der Waals surface area contributed by atoms with Crippen molar-refractivity contribution in [3.8, 4) is 17.0 Å². The van der Waals surface area contributed by atoms with Gasteiger partial charge in [-0.1, -0.05) is 42.5 Å². The average molecular weight is 425 g/mol. The Kier molecular flexibility index (Phi) is 6.12. The highest BCUT2D eigenvalue weighted by Crippen LogP contribution is 2.26. The summed E-state index contributed by atoms with van der Waals surface area (Å²) >= 11 is 0. The molecule has 32 heavy (non-hydrogen) atoms. The number of carbonyl (C=O) groups excluding carboxylic acids is 2. The zero-order chi connectivity index (χ0) is 22.5. The zero-order valence-electron chi connectivity index (χ0n) is 17.9. The highest BCUT2D eigenvalue weighted by molar-refractivity contribution is 6.07. The van der Waals surface area contributed by atoms with Crippen LogP contribution in [0.2, 0.25) is 0 Å². The van der Waals surface area contributed by atoms with Crippen molar-refractivity contribution < 1.29 is 14.3 Å². The average Bonchev–Trinajstić information content (AvgIpc) is 2.82. The summed E-state index contributed by atoms with van der Waals surface area (Å²) < 4.78 is 5.25. The lowest BCUT2D eigenvalue weighted by Gasteiger charge is -2.12. The number of para-hydroxylation sites is 1. The third-order valence-electron chi connectivity index (χ3n) is 5.05. The molecule has 0 aliphatic heterocycles. The van der Waals surface area contributed by atoms with Gasteiger partial charge < -0.3 is 15.4 Å². The largest absolute Gasteiger partial charge is 0.497 e. The molecule has 0 radical (unpaired) electrons. The molecule has 0 bridgehead atoms. The van der Waals surface area contributed by atoms with Crippen molar-refractivity contribution in [2.45, 2.75) is 13.5 Å². The molecule has 0 atom stereocenters. The maximum atomic E-state index is 13.1. The number of nitrogens with one attached hydrogen (secondary N) is 2. The summed E-state index contributed by atoms with van der Waals surface area (Å²) in [6.45, 7) is 1.85. The van der Waals surface area contributed by atoms with Crippen LogP contribution < -0.4 is 15.4 Å². The molecule has 2 amide bonds. The standard InChI is InChI=1S/C26H23N3O3/c1-17(30)28-20-12-10-19(11-13-20)25-15-23(22-8-3-4-9-24(22)29-25)26(31)27-16-18-6-5-7-21(14-18)32-2/h3-15H,16H2,1-2H3,(H,27,31)(H,28,30). The van der Waals surface area contributed by atoms with E-state index in [1.54, 1.807) is 13.2 Å². The van der Waals surface area contributed by atoms with E-state index in [4.69, 9.17) is 9.72 Å². The van der Waals surface area contributed by atoms with Crippen molar-refractivity contribution >= 4 is 28.4 Å². The van der Waals surface area contributed by atoms with Gasteiger partial charge in [-0.15, -0.1) is 0 Å². The van der Waals surface area contributed by atoms with Crippen molar-refractivity contribution in [1.29, 1.82) is 0 Å². The van der Waals surface area contributed by atoms with E-state index >= 15 is 0 Å². The molecule has 6 heteroatoms. The maximum Gasteiger partial charge on any atom is 0.252 e. The first-order valence-corrected chi connectivity index (χ1v) is 10.2. The molecule has 160 valence electrons.